The number of piperazine rings is 1. The molecule has 0 radical (unpaired) electrons. The van der Waals surface area contributed by atoms with E-state index in [-0.39, 0.29) is 23.9 Å². The van der Waals surface area contributed by atoms with Gasteiger partial charge < -0.3 is 9.80 Å². The summed E-state index contributed by atoms with van der Waals surface area (Å²) >= 11 is 6.19. The number of sulfonamides is 1. The second-order valence-electron chi connectivity index (χ2n) is 9.19. The van der Waals surface area contributed by atoms with Gasteiger partial charge in [-0.2, -0.15) is 4.31 Å². The number of aryl methyl sites for hydroxylation is 2. The Hall–Kier alpha value is -2.87. The molecule has 4 rings (SSSR count). The van der Waals surface area contributed by atoms with Crippen molar-refractivity contribution in [3.8, 4) is 0 Å². The zero-order valence-corrected chi connectivity index (χ0v) is 22.3. The molecule has 0 atom stereocenters. The first-order valence-corrected chi connectivity index (χ1v) is 14.0. The number of carbonyl (C=O) groups excluding carboxylic acids is 1. The molecular weight excluding hydrogens is 494 g/mol. The average molecular weight is 526 g/mol. The Morgan fingerprint density at radius 3 is 2.25 bits per heavy atom. The highest BCUT2D eigenvalue weighted by atomic mass is 35.5. The van der Waals surface area contributed by atoms with Gasteiger partial charge in [0.05, 0.1) is 11.4 Å². The molecule has 0 bridgehead atoms. The third-order valence-corrected chi connectivity index (χ3v) is 8.70. The van der Waals surface area contributed by atoms with Crippen molar-refractivity contribution >= 4 is 33.2 Å². The molecule has 1 fully saturated rings. The summed E-state index contributed by atoms with van der Waals surface area (Å²) in [5.41, 5.74) is 4.21. The normalized spacial score (nSPS) is 14.3. The van der Waals surface area contributed by atoms with E-state index >= 15 is 0 Å². The van der Waals surface area contributed by atoms with Crippen LogP contribution in [0.5, 0.6) is 0 Å². The van der Waals surface area contributed by atoms with E-state index in [4.69, 9.17) is 11.6 Å². The van der Waals surface area contributed by atoms with Crippen LogP contribution in [-0.4, -0.2) is 62.8 Å². The standard InChI is InChI=1S/C28H32ClN3O3S/c1-22-8-12-26(13-9-22)36(34,35)32(15-14-24-6-4-3-5-7-24)21-28(33)31-18-16-30(17-19-31)27-20-25(29)11-10-23(27)2/h3-13,20H,14-19,21H2,1-2H3. The largest absolute Gasteiger partial charge is 0.368 e. The summed E-state index contributed by atoms with van der Waals surface area (Å²) in [5.74, 6) is -0.179. The van der Waals surface area contributed by atoms with Crippen molar-refractivity contribution in [2.45, 2.75) is 25.2 Å². The van der Waals surface area contributed by atoms with Gasteiger partial charge in [-0.05, 0) is 55.7 Å². The van der Waals surface area contributed by atoms with Gasteiger partial charge in [0.1, 0.15) is 0 Å². The van der Waals surface area contributed by atoms with E-state index in [0.717, 1.165) is 22.4 Å². The Balaban J connectivity index is 1.47. The lowest BCUT2D eigenvalue weighted by atomic mass is 10.1. The van der Waals surface area contributed by atoms with Crippen LogP contribution >= 0.6 is 11.6 Å². The van der Waals surface area contributed by atoms with Gasteiger partial charge in [0.25, 0.3) is 0 Å². The van der Waals surface area contributed by atoms with Crippen molar-refractivity contribution in [2.24, 2.45) is 0 Å². The number of benzene rings is 3. The number of halogens is 1. The van der Waals surface area contributed by atoms with Crippen LogP contribution in [0.2, 0.25) is 5.02 Å². The first kappa shape index (κ1) is 26.2. The lowest BCUT2D eigenvalue weighted by Gasteiger charge is -2.37. The minimum Gasteiger partial charge on any atom is -0.368 e. The third kappa shape index (κ3) is 6.27. The van der Waals surface area contributed by atoms with Crippen LogP contribution in [0.1, 0.15) is 16.7 Å². The predicted molar refractivity (Wildman–Crippen MR) is 145 cm³/mol. The first-order valence-electron chi connectivity index (χ1n) is 12.1. The molecule has 0 aromatic heterocycles. The van der Waals surface area contributed by atoms with Gasteiger partial charge in [-0.3, -0.25) is 4.79 Å². The molecule has 0 spiro atoms. The number of nitrogens with zero attached hydrogens (tertiary/aromatic N) is 3. The van der Waals surface area contributed by atoms with Gasteiger partial charge in [-0.1, -0.05) is 65.7 Å². The quantitative estimate of drug-likeness (QED) is 0.433. The Labute approximate surface area is 219 Å². The van der Waals surface area contributed by atoms with E-state index in [0.29, 0.717) is 37.6 Å². The van der Waals surface area contributed by atoms with Crippen LogP contribution in [-0.2, 0) is 21.2 Å². The molecule has 8 heteroatoms. The van der Waals surface area contributed by atoms with Crippen LogP contribution in [0, 0.1) is 13.8 Å². The molecule has 6 nitrogen and oxygen atoms in total. The van der Waals surface area contributed by atoms with Gasteiger partial charge in [0.2, 0.25) is 15.9 Å². The first-order chi connectivity index (χ1) is 17.2. The fraction of sp³-hybridized carbons (Fsp3) is 0.321. The SMILES string of the molecule is Cc1ccc(S(=O)(=O)N(CCc2ccccc2)CC(=O)N2CCN(c3cc(Cl)ccc3C)CC2)cc1. The summed E-state index contributed by atoms with van der Waals surface area (Å²) in [6.07, 6.45) is 0.529. The molecule has 1 saturated heterocycles. The van der Waals surface area contributed by atoms with Crippen molar-refractivity contribution in [2.75, 3.05) is 44.2 Å². The number of hydrogen-bond acceptors (Lipinski definition) is 4. The molecule has 0 unspecified atom stereocenters. The van der Waals surface area contributed by atoms with Crippen LogP contribution in [0.4, 0.5) is 5.69 Å². The molecule has 36 heavy (non-hydrogen) atoms. The Bertz CT molecular complexity index is 1290. The smallest absolute Gasteiger partial charge is 0.243 e. The topological polar surface area (TPSA) is 60.9 Å². The molecule has 0 N–H and O–H groups in total. The van der Waals surface area contributed by atoms with E-state index in [2.05, 4.69) is 4.90 Å². The third-order valence-electron chi connectivity index (χ3n) is 6.61. The minimum atomic E-state index is -3.83. The molecule has 1 aliphatic heterocycles. The Kier molecular flexibility index (Phi) is 8.34. The predicted octanol–water partition coefficient (Wildman–Crippen LogP) is 4.54. The molecule has 0 saturated carbocycles. The maximum Gasteiger partial charge on any atom is 0.243 e. The molecule has 1 aliphatic rings. The Morgan fingerprint density at radius 2 is 1.58 bits per heavy atom. The summed E-state index contributed by atoms with van der Waals surface area (Å²) in [7, 11) is -3.83. The second kappa shape index (κ2) is 11.5. The summed E-state index contributed by atoms with van der Waals surface area (Å²) < 4.78 is 28.4. The van der Waals surface area contributed by atoms with Gasteiger partial charge in [-0.15, -0.1) is 0 Å². The highest BCUT2D eigenvalue weighted by molar-refractivity contribution is 7.89. The number of amides is 1. The fourth-order valence-corrected chi connectivity index (χ4v) is 5.97. The van der Waals surface area contributed by atoms with Gasteiger partial charge in [-0.25, -0.2) is 8.42 Å². The average Bonchev–Trinajstić information content (AvgIpc) is 2.88. The van der Waals surface area contributed by atoms with E-state index in [1.54, 1.807) is 29.2 Å². The van der Waals surface area contributed by atoms with E-state index in [1.807, 2.05) is 62.4 Å². The van der Waals surface area contributed by atoms with Gasteiger partial charge in [0, 0.05) is 43.4 Å². The van der Waals surface area contributed by atoms with Crippen LogP contribution in [0.15, 0.2) is 77.7 Å². The molecule has 3 aromatic rings. The van der Waals surface area contributed by atoms with Crippen molar-refractivity contribution < 1.29 is 13.2 Å². The van der Waals surface area contributed by atoms with Crippen LogP contribution in [0.3, 0.4) is 0 Å². The van der Waals surface area contributed by atoms with E-state index in [9.17, 15) is 13.2 Å². The van der Waals surface area contributed by atoms with Crippen LogP contribution in [0.25, 0.3) is 0 Å². The van der Waals surface area contributed by atoms with Crippen LogP contribution < -0.4 is 4.90 Å². The van der Waals surface area contributed by atoms with Gasteiger partial charge in [0.15, 0.2) is 0 Å². The van der Waals surface area contributed by atoms with Crippen molar-refractivity contribution in [1.82, 2.24) is 9.21 Å². The summed E-state index contributed by atoms with van der Waals surface area (Å²) in [4.78, 5) is 17.5. The molecule has 3 aromatic carbocycles. The molecule has 190 valence electrons. The van der Waals surface area contributed by atoms with Crippen molar-refractivity contribution in [3.63, 3.8) is 0 Å². The molecular formula is C28H32ClN3O3S. The van der Waals surface area contributed by atoms with E-state index in [1.165, 1.54) is 4.31 Å². The monoisotopic (exact) mass is 525 g/mol. The number of hydrogen-bond donors (Lipinski definition) is 0. The summed E-state index contributed by atoms with van der Waals surface area (Å²) in [6, 6.07) is 22.3. The lowest BCUT2D eigenvalue weighted by molar-refractivity contribution is -0.131. The number of carbonyl (C=O) groups is 1. The fourth-order valence-electron chi connectivity index (χ4n) is 4.41. The highest BCUT2D eigenvalue weighted by Gasteiger charge is 2.30. The van der Waals surface area contributed by atoms with Crippen molar-refractivity contribution in [1.29, 1.82) is 0 Å². The van der Waals surface area contributed by atoms with Gasteiger partial charge >= 0.3 is 0 Å². The van der Waals surface area contributed by atoms with Crippen molar-refractivity contribution in [3.05, 3.63) is 94.5 Å². The summed E-state index contributed by atoms with van der Waals surface area (Å²) in [6.45, 7) is 6.40. The minimum absolute atomic E-state index is 0.179. The zero-order chi connectivity index (χ0) is 25.7. The zero-order valence-electron chi connectivity index (χ0n) is 20.7. The molecule has 0 aliphatic carbocycles. The highest BCUT2D eigenvalue weighted by Crippen LogP contribution is 2.25. The second-order valence-corrected chi connectivity index (χ2v) is 11.6. The Morgan fingerprint density at radius 1 is 0.917 bits per heavy atom. The summed E-state index contributed by atoms with van der Waals surface area (Å²) in [5, 5.41) is 0.685. The number of anilines is 1. The lowest BCUT2D eigenvalue weighted by Crippen LogP contribution is -2.52. The molecule has 1 heterocycles. The maximum absolute atomic E-state index is 13.5. The maximum atomic E-state index is 13.5. The van der Waals surface area contributed by atoms with E-state index < -0.39 is 10.0 Å². The number of rotatable bonds is 8. The molecule has 1 amide bonds.